The molecule has 2 N–H and O–H groups in total. The number of carboxylic acid groups (broad SMARTS) is 1. The molecule has 0 aliphatic carbocycles. The largest absolute Gasteiger partial charge is 0.508 e. The molecule has 1 aliphatic heterocycles. The molecule has 0 fully saturated rings. The number of phenols is 1. The number of carbonyl (C=O) groups is 1. The van der Waals surface area contributed by atoms with Crippen LogP contribution in [0.1, 0.15) is 29.0 Å². The molecule has 0 aromatic heterocycles. The smallest absolute Gasteiger partial charge is 0.304 e. The van der Waals surface area contributed by atoms with E-state index in [9.17, 15) is 9.90 Å². The van der Waals surface area contributed by atoms with E-state index in [4.69, 9.17) is 9.84 Å². The molecular formula is C12H14O4. The summed E-state index contributed by atoms with van der Waals surface area (Å²) < 4.78 is 5.48. The Morgan fingerprint density at radius 1 is 1.56 bits per heavy atom. The molecule has 0 amide bonds. The third-order valence-electron chi connectivity index (χ3n) is 3.01. The number of benzene rings is 1. The molecule has 0 bridgehead atoms. The Balaban J connectivity index is 2.47. The van der Waals surface area contributed by atoms with Crippen molar-refractivity contribution in [3.8, 4) is 11.5 Å². The van der Waals surface area contributed by atoms with Crippen molar-refractivity contribution in [1.82, 2.24) is 0 Å². The number of carboxylic acids is 1. The first-order valence-corrected chi connectivity index (χ1v) is 5.18. The second-order valence-electron chi connectivity index (χ2n) is 4.19. The van der Waals surface area contributed by atoms with Crippen LogP contribution in [0.15, 0.2) is 6.07 Å². The fourth-order valence-electron chi connectivity index (χ4n) is 2.22. The Morgan fingerprint density at radius 2 is 2.25 bits per heavy atom. The van der Waals surface area contributed by atoms with E-state index in [1.54, 1.807) is 13.0 Å². The van der Waals surface area contributed by atoms with Gasteiger partial charge in [0.25, 0.3) is 0 Å². The topological polar surface area (TPSA) is 66.8 Å². The highest BCUT2D eigenvalue weighted by Crippen LogP contribution is 2.43. The highest BCUT2D eigenvalue weighted by Gasteiger charge is 2.30. The first-order valence-electron chi connectivity index (χ1n) is 5.18. The van der Waals surface area contributed by atoms with E-state index >= 15 is 0 Å². The first kappa shape index (κ1) is 10.8. The SMILES string of the molecule is Cc1cc(O)c(C)c2c1C(CC(=O)O)CO2. The molecule has 16 heavy (non-hydrogen) atoms. The summed E-state index contributed by atoms with van der Waals surface area (Å²) in [5.74, 6) is -0.0747. The van der Waals surface area contributed by atoms with Crippen molar-refractivity contribution in [3.05, 3.63) is 22.8 Å². The first-order chi connectivity index (χ1) is 7.50. The molecule has 1 aromatic carbocycles. The van der Waals surface area contributed by atoms with Crippen molar-refractivity contribution in [3.63, 3.8) is 0 Å². The van der Waals surface area contributed by atoms with Crippen molar-refractivity contribution in [1.29, 1.82) is 0 Å². The van der Waals surface area contributed by atoms with Gasteiger partial charge in [0.1, 0.15) is 11.5 Å². The lowest BCUT2D eigenvalue weighted by Gasteiger charge is -2.11. The lowest BCUT2D eigenvalue weighted by atomic mass is 9.92. The second kappa shape index (κ2) is 3.70. The molecule has 2 rings (SSSR count). The van der Waals surface area contributed by atoms with Gasteiger partial charge in [-0.15, -0.1) is 0 Å². The predicted octanol–water partition coefficient (Wildman–Crippen LogP) is 1.96. The molecule has 0 saturated heterocycles. The molecule has 1 heterocycles. The van der Waals surface area contributed by atoms with E-state index in [-0.39, 0.29) is 18.1 Å². The zero-order valence-electron chi connectivity index (χ0n) is 9.28. The maximum Gasteiger partial charge on any atom is 0.304 e. The van der Waals surface area contributed by atoms with Gasteiger partial charge in [0.2, 0.25) is 0 Å². The molecule has 86 valence electrons. The molecule has 0 radical (unpaired) electrons. The summed E-state index contributed by atoms with van der Waals surface area (Å²) in [7, 11) is 0. The van der Waals surface area contributed by atoms with Gasteiger partial charge in [0, 0.05) is 17.0 Å². The summed E-state index contributed by atoms with van der Waals surface area (Å²) in [6, 6.07) is 1.66. The van der Waals surface area contributed by atoms with Crippen molar-refractivity contribution < 1.29 is 19.7 Å². The van der Waals surface area contributed by atoms with E-state index in [0.717, 1.165) is 11.1 Å². The molecule has 4 heteroatoms. The Hall–Kier alpha value is -1.71. The minimum absolute atomic E-state index is 0.0675. The minimum Gasteiger partial charge on any atom is -0.508 e. The number of phenolic OH excluding ortho intramolecular Hbond substituents is 1. The van der Waals surface area contributed by atoms with Crippen LogP contribution in [0.5, 0.6) is 11.5 Å². The number of hydrogen-bond acceptors (Lipinski definition) is 3. The van der Waals surface area contributed by atoms with Crippen LogP contribution in [-0.2, 0) is 4.79 Å². The van der Waals surface area contributed by atoms with E-state index in [2.05, 4.69) is 0 Å². The van der Waals surface area contributed by atoms with Crippen LogP contribution in [0.4, 0.5) is 0 Å². The van der Waals surface area contributed by atoms with Gasteiger partial charge in [-0.1, -0.05) is 0 Å². The maximum absolute atomic E-state index is 10.7. The van der Waals surface area contributed by atoms with Gasteiger partial charge in [-0.2, -0.15) is 0 Å². The maximum atomic E-state index is 10.7. The fourth-order valence-corrected chi connectivity index (χ4v) is 2.22. The van der Waals surface area contributed by atoms with Crippen LogP contribution in [0.2, 0.25) is 0 Å². The van der Waals surface area contributed by atoms with Gasteiger partial charge >= 0.3 is 5.97 Å². The monoisotopic (exact) mass is 222 g/mol. The average Bonchev–Trinajstić information content (AvgIpc) is 2.58. The number of ether oxygens (including phenoxy) is 1. The summed E-state index contributed by atoms with van der Waals surface area (Å²) >= 11 is 0. The van der Waals surface area contributed by atoms with Gasteiger partial charge in [0.15, 0.2) is 0 Å². The molecule has 1 unspecified atom stereocenters. The van der Waals surface area contributed by atoms with Crippen LogP contribution in [0.25, 0.3) is 0 Å². The van der Waals surface area contributed by atoms with Gasteiger partial charge < -0.3 is 14.9 Å². The Morgan fingerprint density at radius 3 is 2.88 bits per heavy atom. The van der Waals surface area contributed by atoms with Gasteiger partial charge in [0.05, 0.1) is 13.0 Å². The average molecular weight is 222 g/mol. The van der Waals surface area contributed by atoms with Crippen molar-refractivity contribution in [2.24, 2.45) is 0 Å². The van der Waals surface area contributed by atoms with E-state index in [1.807, 2.05) is 6.92 Å². The summed E-state index contributed by atoms with van der Waals surface area (Å²) in [4.78, 5) is 10.7. The van der Waals surface area contributed by atoms with Crippen LogP contribution in [0.3, 0.4) is 0 Å². The number of rotatable bonds is 2. The molecule has 0 saturated carbocycles. The third-order valence-corrected chi connectivity index (χ3v) is 3.01. The van der Waals surface area contributed by atoms with Crippen molar-refractivity contribution in [2.75, 3.05) is 6.61 Å². The zero-order valence-corrected chi connectivity index (χ0v) is 9.28. The zero-order chi connectivity index (χ0) is 11.9. The Bertz CT molecular complexity index is 451. The van der Waals surface area contributed by atoms with Crippen molar-refractivity contribution in [2.45, 2.75) is 26.2 Å². The van der Waals surface area contributed by atoms with E-state index in [0.29, 0.717) is 17.9 Å². The van der Waals surface area contributed by atoms with E-state index in [1.165, 1.54) is 0 Å². The van der Waals surface area contributed by atoms with Crippen LogP contribution >= 0.6 is 0 Å². The lowest BCUT2D eigenvalue weighted by molar-refractivity contribution is -0.137. The quantitative estimate of drug-likeness (QED) is 0.802. The normalized spacial score (nSPS) is 18.0. The van der Waals surface area contributed by atoms with Gasteiger partial charge in [-0.3, -0.25) is 4.79 Å². The molecule has 1 atom stereocenters. The number of hydrogen-bond donors (Lipinski definition) is 2. The second-order valence-corrected chi connectivity index (χ2v) is 4.19. The number of aromatic hydroxyl groups is 1. The fraction of sp³-hybridized carbons (Fsp3) is 0.417. The molecular weight excluding hydrogens is 208 g/mol. The Kier molecular flexibility index (Phi) is 2.50. The number of fused-ring (bicyclic) bond motifs is 1. The van der Waals surface area contributed by atoms with Gasteiger partial charge in [-0.25, -0.2) is 0 Å². The van der Waals surface area contributed by atoms with Gasteiger partial charge in [-0.05, 0) is 25.5 Å². The predicted molar refractivity (Wildman–Crippen MR) is 58.1 cm³/mol. The molecule has 4 nitrogen and oxygen atoms in total. The number of aryl methyl sites for hydroxylation is 1. The number of aliphatic carboxylic acids is 1. The molecule has 0 spiro atoms. The standard InChI is InChI=1S/C12H14O4/c1-6-3-9(13)7(2)12-11(6)8(5-16-12)4-10(14)15/h3,8,13H,4-5H2,1-2H3,(H,14,15). The van der Waals surface area contributed by atoms with Crippen LogP contribution in [-0.4, -0.2) is 22.8 Å². The lowest BCUT2D eigenvalue weighted by Crippen LogP contribution is -2.08. The molecule has 1 aromatic rings. The van der Waals surface area contributed by atoms with E-state index < -0.39 is 5.97 Å². The minimum atomic E-state index is -0.827. The summed E-state index contributed by atoms with van der Waals surface area (Å²) in [5.41, 5.74) is 2.51. The Labute approximate surface area is 93.5 Å². The molecule has 1 aliphatic rings. The highest BCUT2D eigenvalue weighted by atomic mass is 16.5. The van der Waals surface area contributed by atoms with Crippen LogP contribution in [0, 0.1) is 13.8 Å². The third kappa shape index (κ3) is 1.60. The van der Waals surface area contributed by atoms with Crippen LogP contribution < -0.4 is 4.74 Å². The van der Waals surface area contributed by atoms with Crippen molar-refractivity contribution >= 4 is 5.97 Å². The summed E-state index contributed by atoms with van der Waals surface area (Å²) in [6.45, 7) is 4.02. The summed E-state index contributed by atoms with van der Waals surface area (Å²) in [6.07, 6.45) is 0.0675. The summed E-state index contributed by atoms with van der Waals surface area (Å²) in [5, 5.41) is 18.4. The highest BCUT2D eigenvalue weighted by molar-refractivity contribution is 5.69.